The lowest BCUT2D eigenvalue weighted by molar-refractivity contribution is -0.132. The molecule has 6 heteroatoms. The largest absolute Gasteiger partial charge is 0.454 e. The summed E-state index contributed by atoms with van der Waals surface area (Å²) in [6.07, 6.45) is 0. The molecule has 1 aliphatic rings. The summed E-state index contributed by atoms with van der Waals surface area (Å²) in [4.78, 5) is 13.2. The molecule has 0 aromatic heterocycles. The van der Waals surface area contributed by atoms with E-state index in [-0.39, 0.29) is 19.3 Å². The van der Waals surface area contributed by atoms with Crippen LogP contribution < -0.4 is 15.2 Å². The minimum atomic E-state index is -0.871. The van der Waals surface area contributed by atoms with Crippen LogP contribution >= 0.6 is 0 Å². The molecule has 1 atom stereocenters. The molecule has 18 heavy (non-hydrogen) atoms. The van der Waals surface area contributed by atoms with Crippen LogP contribution in [0, 0.1) is 0 Å². The first-order valence-electron chi connectivity index (χ1n) is 5.61. The van der Waals surface area contributed by atoms with E-state index in [4.69, 9.17) is 20.3 Å². The van der Waals surface area contributed by atoms with Gasteiger partial charge in [0.25, 0.3) is 0 Å². The van der Waals surface area contributed by atoms with Gasteiger partial charge in [-0.3, -0.25) is 4.79 Å². The molecule has 0 fully saturated rings. The van der Waals surface area contributed by atoms with Crippen LogP contribution in [-0.2, 0) is 11.3 Å². The second-order valence-corrected chi connectivity index (χ2v) is 4.17. The molecule has 1 heterocycles. The van der Waals surface area contributed by atoms with Crippen LogP contribution in [-0.4, -0.2) is 42.4 Å². The van der Waals surface area contributed by atoms with Crippen molar-refractivity contribution in [3.8, 4) is 11.5 Å². The molecule has 6 nitrogen and oxygen atoms in total. The van der Waals surface area contributed by atoms with Gasteiger partial charge in [0.1, 0.15) is 6.04 Å². The summed E-state index contributed by atoms with van der Waals surface area (Å²) in [7, 11) is 1.64. The van der Waals surface area contributed by atoms with Crippen molar-refractivity contribution < 1.29 is 19.4 Å². The maximum absolute atomic E-state index is 11.7. The Balaban J connectivity index is 2.03. The Labute approximate surface area is 105 Å². The highest BCUT2D eigenvalue weighted by atomic mass is 16.7. The third-order valence-electron chi connectivity index (χ3n) is 2.75. The number of benzene rings is 1. The lowest BCUT2D eigenvalue weighted by Crippen LogP contribution is -2.43. The first kappa shape index (κ1) is 12.7. The molecule has 1 aromatic carbocycles. The van der Waals surface area contributed by atoms with Gasteiger partial charge in [0, 0.05) is 13.6 Å². The van der Waals surface area contributed by atoms with Crippen LogP contribution in [0.25, 0.3) is 0 Å². The van der Waals surface area contributed by atoms with Gasteiger partial charge in [-0.05, 0) is 17.7 Å². The molecule has 0 saturated heterocycles. The first-order chi connectivity index (χ1) is 8.61. The molecule has 98 valence electrons. The molecule has 3 N–H and O–H groups in total. The van der Waals surface area contributed by atoms with E-state index in [1.54, 1.807) is 7.05 Å². The SMILES string of the molecule is CN(Cc1ccc2c(c1)OCO2)C(=O)C(N)CO. The predicted molar refractivity (Wildman–Crippen MR) is 64.1 cm³/mol. The van der Waals surface area contributed by atoms with Crippen molar-refractivity contribution in [2.24, 2.45) is 5.73 Å². The number of carbonyl (C=O) groups excluding carboxylic acids is 1. The fraction of sp³-hybridized carbons (Fsp3) is 0.417. The average Bonchev–Trinajstić information content (AvgIpc) is 2.84. The first-order valence-corrected chi connectivity index (χ1v) is 5.61. The number of aliphatic hydroxyl groups is 1. The molecule has 0 bridgehead atoms. The summed E-state index contributed by atoms with van der Waals surface area (Å²) < 4.78 is 10.5. The fourth-order valence-corrected chi connectivity index (χ4v) is 1.75. The Bertz CT molecular complexity index is 450. The highest BCUT2D eigenvalue weighted by molar-refractivity contribution is 5.81. The maximum Gasteiger partial charge on any atom is 0.241 e. The van der Waals surface area contributed by atoms with E-state index in [0.717, 1.165) is 5.56 Å². The molecule has 1 unspecified atom stereocenters. The second-order valence-electron chi connectivity index (χ2n) is 4.17. The average molecular weight is 252 g/mol. The minimum absolute atomic E-state index is 0.225. The number of amides is 1. The number of hydrogen-bond donors (Lipinski definition) is 2. The van der Waals surface area contributed by atoms with E-state index in [2.05, 4.69) is 0 Å². The number of rotatable bonds is 4. The number of fused-ring (bicyclic) bond motifs is 1. The lowest BCUT2D eigenvalue weighted by atomic mass is 10.2. The Hall–Kier alpha value is -1.79. The van der Waals surface area contributed by atoms with Gasteiger partial charge >= 0.3 is 0 Å². The van der Waals surface area contributed by atoms with E-state index < -0.39 is 6.04 Å². The zero-order valence-electron chi connectivity index (χ0n) is 10.1. The molecule has 0 saturated carbocycles. The molecule has 2 rings (SSSR count). The van der Waals surface area contributed by atoms with Gasteiger partial charge in [-0.2, -0.15) is 0 Å². The summed E-state index contributed by atoms with van der Waals surface area (Å²) in [5, 5.41) is 8.84. The van der Waals surface area contributed by atoms with Crippen LogP contribution in [0.5, 0.6) is 11.5 Å². The van der Waals surface area contributed by atoms with E-state index in [9.17, 15) is 4.79 Å². The molecule has 0 spiro atoms. The Kier molecular flexibility index (Phi) is 3.69. The summed E-state index contributed by atoms with van der Waals surface area (Å²) in [6.45, 7) is 0.274. The molecule has 0 aliphatic carbocycles. The predicted octanol–water partition coefficient (Wildman–Crippen LogP) is -0.307. The second kappa shape index (κ2) is 5.24. The Morgan fingerprint density at radius 1 is 1.50 bits per heavy atom. The highest BCUT2D eigenvalue weighted by Gasteiger charge is 2.18. The van der Waals surface area contributed by atoms with Crippen molar-refractivity contribution in [2.75, 3.05) is 20.4 Å². The molecular formula is C12H16N2O4. The fourth-order valence-electron chi connectivity index (χ4n) is 1.75. The van der Waals surface area contributed by atoms with Crippen LogP contribution in [0.15, 0.2) is 18.2 Å². The third-order valence-corrected chi connectivity index (χ3v) is 2.75. The van der Waals surface area contributed by atoms with Gasteiger partial charge < -0.3 is 25.2 Å². The number of aliphatic hydroxyl groups excluding tert-OH is 1. The van der Waals surface area contributed by atoms with E-state index in [0.29, 0.717) is 18.0 Å². The summed E-state index contributed by atoms with van der Waals surface area (Å²) >= 11 is 0. The summed E-state index contributed by atoms with van der Waals surface area (Å²) in [5.74, 6) is 1.09. The van der Waals surface area contributed by atoms with Gasteiger partial charge in [0.2, 0.25) is 12.7 Å². The molecule has 1 aromatic rings. The maximum atomic E-state index is 11.7. The summed E-state index contributed by atoms with van der Waals surface area (Å²) in [5.41, 5.74) is 6.39. The Morgan fingerprint density at radius 3 is 2.94 bits per heavy atom. The van der Waals surface area contributed by atoms with Crippen molar-refractivity contribution in [1.82, 2.24) is 4.90 Å². The number of carbonyl (C=O) groups is 1. The van der Waals surface area contributed by atoms with E-state index >= 15 is 0 Å². The van der Waals surface area contributed by atoms with Crippen LogP contribution in [0.1, 0.15) is 5.56 Å². The molecule has 1 amide bonds. The highest BCUT2D eigenvalue weighted by Crippen LogP contribution is 2.32. The van der Waals surface area contributed by atoms with Crippen LogP contribution in [0.2, 0.25) is 0 Å². The monoisotopic (exact) mass is 252 g/mol. The lowest BCUT2D eigenvalue weighted by Gasteiger charge is -2.20. The number of nitrogens with zero attached hydrogens (tertiary/aromatic N) is 1. The van der Waals surface area contributed by atoms with Gasteiger partial charge in [0.15, 0.2) is 11.5 Å². The molecule has 1 aliphatic heterocycles. The van der Waals surface area contributed by atoms with Gasteiger partial charge in [-0.1, -0.05) is 6.07 Å². The van der Waals surface area contributed by atoms with Crippen LogP contribution in [0.4, 0.5) is 0 Å². The number of hydrogen-bond acceptors (Lipinski definition) is 5. The van der Waals surface area contributed by atoms with Crippen LogP contribution in [0.3, 0.4) is 0 Å². The van der Waals surface area contributed by atoms with Crippen molar-refractivity contribution in [2.45, 2.75) is 12.6 Å². The number of nitrogens with two attached hydrogens (primary N) is 1. The number of ether oxygens (including phenoxy) is 2. The quantitative estimate of drug-likeness (QED) is 0.768. The van der Waals surface area contributed by atoms with E-state index in [1.807, 2.05) is 18.2 Å². The van der Waals surface area contributed by atoms with E-state index in [1.165, 1.54) is 4.90 Å². The van der Waals surface area contributed by atoms with Gasteiger partial charge in [-0.15, -0.1) is 0 Å². The number of likely N-dealkylation sites (N-methyl/N-ethyl adjacent to an activating group) is 1. The minimum Gasteiger partial charge on any atom is -0.454 e. The molecular weight excluding hydrogens is 236 g/mol. The summed E-state index contributed by atoms with van der Waals surface area (Å²) in [6, 6.07) is 4.63. The molecule has 0 radical (unpaired) electrons. The smallest absolute Gasteiger partial charge is 0.241 e. The standard InChI is InChI=1S/C12H16N2O4/c1-14(12(16)9(13)6-15)5-8-2-3-10-11(4-8)18-7-17-10/h2-4,9,15H,5-7,13H2,1H3. The van der Waals surface area contributed by atoms with Crippen molar-refractivity contribution >= 4 is 5.91 Å². The third kappa shape index (κ3) is 2.55. The Morgan fingerprint density at radius 2 is 2.22 bits per heavy atom. The topological polar surface area (TPSA) is 85.0 Å². The van der Waals surface area contributed by atoms with Crippen molar-refractivity contribution in [3.63, 3.8) is 0 Å². The normalized spacial score (nSPS) is 14.4. The van der Waals surface area contributed by atoms with Crippen molar-refractivity contribution in [1.29, 1.82) is 0 Å². The zero-order valence-corrected chi connectivity index (χ0v) is 10.1. The van der Waals surface area contributed by atoms with Gasteiger partial charge in [-0.25, -0.2) is 0 Å². The van der Waals surface area contributed by atoms with Crippen molar-refractivity contribution in [3.05, 3.63) is 23.8 Å². The van der Waals surface area contributed by atoms with Gasteiger partial charge in [0.05, 0.1) is 6.61 Å². The zero-order chi connectivity index (χ0) is 13.1.